The summed E-state index contributed by atoms with van der Waals surface area (Å²) in [5.41, 5.74) is -1.45. The van der Waals surface area contributed by atoms with Crippen molar-refractivity contribution in [1.29, 1.82) is 0 Å². The van der Waals surface area contributed by atoms with E-state index in [-0.39, 0.29) is 124 Å². The smallest absolute Gasteiger partial charge is 0.493 e. The van der Waals surface area contributed by atoms with Crippen LogP contribution in [0.1, 0.15) is 214 Å². The van der Waals surface area contributed by atoms with Crippen molar-refractivity contribution < 1.29 is 104 Å². The van der Waals surface area contributed by atoms with Crippen LogP contribution in [0.4, 0.5) is 57.1 Å². The Hall–Kier alpha value is -6.99. The van der Waals surface area contributed by atoms with Gasteiger partial charge in [0.05, 0.1) is 43.8 Å². The Bertz CT molecular complexity index is 6050. The number of thiophene rings is 6. The molecule has 8 aromatic heterocycles. The van der Waals surface area contributed by atoms with Crippen molar-refractivity contribution in [3.05, 3.63) is 196 Å². The zero-order valence-corrected chi connectivity index (χ0v) is 82.2. The standard InChI is InChI=1S/C47H48F6O3S3.C25H21F7O3.C22H27BrS3.C4H9.Li/c1-23-18-33(43(6,7)8)58-39(23)32-21-28(41(57-32)40-24(2)19-34(59-40)44(9,10)11)36-37(46(50,51)47(52,53)45(36,48)49)35-27-20-30(54-12)31(55-13)22-29(27)56-38(35)25-14-16-26(17-15-25)42(3,4)5;1-22(2,3)13-8-6-12(7-9-13)20-18(14-10-16(33-4)17(34-5)11-15(14)35-20)19-21(26)24(29,30)25(31,32)23(19,27)28;1-12-9-16(21(3,4)5)25-18(12)15-11-14(23)20(24-15)19-13(2)10-17(26-19)22(6,7)8;1-3-4-2;/h14-22H,1-13H3;6-11H,1-5H3;9-11H,1-8H3;1,3-4H2,2H3;/q;;;-1;+1. The number of fused-ring (bicyclic) bond motifs is 2. The topological polar surface area (TPSA) is 63.2 Å². The van der Waals surface area contributed by atoms with Gasteiger partial charge in [0.1, 0.15) is 22.7 Å². The van der Waals surface area contributed by atoms with Gasteiger partial charge in [-0.05, 0) is 158 Å². The van der Waals surface area contributed by atoms with Gasteiger partial charge in [-0.2, -0.15) is 59.1 Å². The molecule has 0 aliphatic heterocycles. The van der Waals surface area contributed by atoms with Crippen LogP contribution >= 0.6 is 84.0 Å². The fourth-order valence-electron chi connectivity index (χ4n) is 14.3. The minimum atomic E-state index is -5.99. The molecule has 0 saturated heterocycles. The second-order valence-electron chi connectivity index (χ2n) is 37.5. The van der Waals surface area contributed by atoms with E-state index in [2.05, 4.69) is 124 Å². The molecule has 2 aliphatic rings. The molecule has 0 fully saturated rings. The van der Waals surface area contributed by atoms with Crippen molar-refractivity contribution in [2.24, 2.45) is 0 Å². The van der Waals surface area contributed by atoms with E-state index < -0.39 is 75.0 Å². The maximum atomic E-state index is 17.1. The molecule has 668 valence electrons. The van der Waals surface area contributed by atoms with Gasteiger partial charge in [-0.15, -0.1) is 68.0 Å². The number of unbranched alkanes of at least 4 members (excludes halogenated alkanes) is 1. The monoisotopic (exact) mass is 1900 g/mol. The van der Waals surface area contributed by atoms with Gasteiger partial charge >= 0.3 is 54.4 Å². The fourth-order valence-corrected chi connectivity index (χ4v) is 23.1. The van der Waals surface area contributed by atoms with Crippen molar-refractivity contribution in [3.8, 4) is 84.7 Å². The van der Waals surface area contributed by atoms with Crippen LogP contribution in [0.15, 0.2) is 128 Å². The zero-order chi connectivity index (χ0) is 92.6. The van der Waals surface area contributed by atoms with Crippen LogP contribution in [0.5, 0.6) is 23.0 Å². The molecule has 12 aromatic rings. The molecular formula is C98H105BrF13LiO6S6. The molecule has 0 saturated carbocycles. The van der Waals surface area contributed by atoms with E-state index >= 15 is 26.3 Å². The molecule has 0 atom stereocenters. The Morgan fingerprint density at radius 3 is 0.984 bits per heavy atom. The third kappa shape index (κ3) is 18.4. The van der Waals surface area contributed by atoms with Gasteiger partial charge in [0.25, 0.3) is 0 Å². The van der Waals surface area contributed by atoms with Gasteiger partial charge in [0, 0.05) is 115 Å². The van der Waals surface area contributed by atoms with Crippen LogP contribution < -0.4 is 37.8 Å². The van der Waals surface area contributed by atoms with Crippen LogP contribution in [0.2, 0.25) is 0 Å². The number of halogens is 14. The number of ether oxygens (including phenoxy) is 4. The normalized spacial score (nSPS) is 16.1. The van der Waals surface area contributed by atoms with Crippen LogP contribution in [0.25, 0.3) is 100 Å². The molecule has 0 unspecified atom stereocenters. The van der Waals surface area contributed by atoms with E-state index in [1.807, 2.05) is 122 Å². The minimum absolute atomic E-state index is 0. The number of hydrogen-bond acceptors (Lipinski definition) is 12. The van der Waals surface area contributed by atoms with Crippen molar-refractivity contribution in [2.45, 2.75) is 240 Å². The summed E-state index contributed by atoms with van der Waals surface area (Å²) >= 11 is 13.6. The van der Waals surface area contributed by atoms with Crippen molar-refractivity contribution in [2.75, 3.05) is 28.4 Å². The molecule has 8 heterocycles. The van der Waals surface area contributed by atoms with E-state index in [1.54, 1.807) is 36.4 Å². The summed E-state index contributed by atoms with van der Waals surface area (Å²) in [6.45, 7) is 51.7. The molecule has 0 amide bonds. The molecule has 2 aliphatic carbocycles. The molecule has 0 radical (unpaired) electrons. The molecule has 125 heavy (non-hydrogen) atoms. The summed E-state index contributed by atoms with van der Waals surface area (Å²) in [5.74, 6) is -37.1. The number of methoxy groups -OCH3 is 4. The summed E-state index contributed by atoms with van der Waals surface area (Å²) in [6, 6.07) is 30.4. The Morgan fingerprint density at radius 2 is 0.664 bits per heavy atom. The number of allylic oxidation sites excluding steroid dienone is 4. The summed E-state index contributed by atoms with van der Waals surface area (Å²) in [4.78, 5) is 12.5. The van der Waals surface area contributed by atoms with Gasteiger partial charge in [-0.25, -0.2) is 4.39 Å². The fraction of sp³-hybridized carbons (Fsp3) is 0.418. The van der Waals surface area contributed by atoms with E-state index in [0.717, 1.165) is 60.7 Å². The van der Waals surface area contributed by atoms with Gasteiger partial charge < -0.3 is 34.7 Å². The Morgan fingerprint density at radius 1 is 0.368 bits per heavy atom. The quantitative estimate of drug-likeness (QED) is 0.0614. The Balaban J connectivity index is 0.000000209. The second kappa shape index (κ2) is 35.4. The molecule has 27 heteroatoms. The summed E-state index contributed by atoms with van der Waals surface area (Å²) in [6.07, 6.45) is 2.28. The van der Waals surface area contributed by atoms with Crippen LogP contribution in [-0.4, -0.2) is 64.0 Å². The first-order chi connectivity index (χ1) is 57.0. The average Bonchev–Trinajstić information content (AvgIpc) is 1.52. The second-order valence-corrected chi connectivity index (χ2v) is 44.7. The molecule has 0 bridgehead atoms. The van der Waals surface area contributed by atoms with Gasteiger partial charge in [-0.3, -0.25) is 0 Å². The van der Waals surface area contributed by atoms with Crippen LogP contribution in [0.3, 0.4) is 0 Å². The summed E-state index contributed by atoms with van der Waals surface area (Å²) < 4.78 is 236. The van der Waals surface area contributed by atoms with E-state index in [0.29, 0.717) is 9.75 Å². The van der Waals surface area contributed by atoms with E-state index in [9.17, 15) is 30.7 Å². The molecule has 6 nitrogen and oxygen atoms in total. The number of rotatable bonds is 14. The third-order valence-corrected chi connectivity index (χ3v) is 32.2. The molecule has 0 N–H and O–H groups in total. The zero-order valence-electron chi connectivity index (χ0n) is 75.7. The average molecular weight is 1910 g/mol. The first-order valence-corrected chi connectivity index (χ1v) is 45.9. The van der Waals surface area contributed by atoms with Crippen molar-refractivity contribution >= 4 is 123 Å². The van der Waals surface area contributed by atoms with Gasteiger partial charge in [-0.1, -0.05) is 187 Å². The summed E-state index contributed by atoms with van der Waals surface area (Å²) in [7, 11) is 5.22. The first kappa shape index (κ1) is 100. The van der Waals surface area contributed by atoms with Crippen LogP contribution in [0, 0.1) is 34.6 Å². The maximum absolute atomic E-state index is 17.1. The molecule has 4 aromatic carbocycles. The number of aryl methyl sites for hydroxylation is 4. The molecular weight excluding hydrogens is 1800 g/mol. The third-order valence-electron chi connectivity index (χ3n) is 21.7. The molecule has 14 rings (SSSR count). The predicted octanol–water partition coefficient (Wildman–Crippen LogP) is 31.8. The first-order valence-electron chi connectivity index (χ1n) is 40.2. The Labute approximate surface area is 769 Å². The number of hydrogen-bond donors (Lipinski definition) is 0. The van der Waals surface area contributed by atoms with Gasteiger partial charge in [0.15, 0.2) is 28.8 Å². The van der Waals surface area contributed by atoms with Crippen molar-refractivity contribution in [3.63, 3.8) is 0 Å². The van der Waals surface area contributed by atoms with Crippen LogP contribution in [-0.2, 0) is 32.5 Å². The maximum Gasteiger partial charge on any atom is 1.00 e. The number of alkyl halides is 12. The SMILES string of the molecule is COc1cc2oc(-c3ccc(C(C)(C)C)cc3)c(C3=C(F)C(F)(F)C(F)(F)C3(F)F)c2cc1OC.COc1cc2oc(-c3ccc(C(C)(C)C)cc3)c(C3=C(c4cc(-c5sc(C(C)(C)C)cc5C)sc4-c4sc(C(C)(C)C)cc4C)C(F)(F)C(F)(F)C3(F)F)c2cc1OC.Cc1cc(C(C)(C)C)sc1-c1cc(Br)c(-c2sc(C(C)(C)C)cc2C)s1.[CH2-]CCC.[Li+]. The minimum Gasteiger partial charge on any atom is -0.493 e. The van der Waals surface area contributed by atoms with E-state index in [4.69, 9.17) is 27.8 Å². The molecule has 0 spiro atoms. The van der Waals surface area contributed by atoms with Crippen molar-refractivity contribution in [1.82, 2.24) is 0 Å². The van der Waals surface area contributed by atoms with E-state index in [1.165, 1.54) is 139 Å². The Kier molecular flexibility index (Phi) is 28.3. The predicted molar refractivity (Wildman–Crippen MR) is 495 cm³/mol. The summed E-state index contributed by atoms with van der Waals surface area (Å²) in [5, 5.41) is -0.433. The van der Waals surface area contributed by atoms with Gasteiger partial charge in [0.2, 0.25) is 0 Å². The largest absolute Gasteiger partial charge is 1.00 e. The number of furan rings is 2. The number of benzene rings is 4.